The van der Waals surface area contributed by atoms with Crippen molar-refractivity contribution in [2.45, 2.75) is 0 Å². The van der Waals surface area contributed by atoms with Crippen molar-refractivity contribution in [2.24, 2.45) is 0 Å². The molecule has 1 N–H and O–H groups in total. The summed E-state index contributed by atoms with van der Waals surface area (Å²) in [6, 6.07) is 0. The molecule has 0 spiro atoms. The Morgan fingerprint density at radius 2 is 1.17 bits per heavy atom. The number of methoxy groups -OCH3 is 1. The van der Waals surface area contributed by atoms with Crippen LogP contribution in [-0.2, 0) is 4.74 Å². The third kappa shape index (κ3) is 5220. The van der Waals surface area contributed by atoms with E-state index >= 15 is 0 Å². The van der Waals surface area contributed by atoms with Crippen molar-refractivity contribution < 1.29 is 4.74 Å². The fourth-order valence-corrected chi connectivity index (χ4v) is 0. The van der Waals surface area contributed by atoms with Gasteiger partial charge in [0.25, 0.3) is 0 Å². The summed E-state index contributed by atoms with van der Waals surface area (Å²) in [5.74, 6) is 0. The first-order chi connectivity index (χ1) is 2.83. The summed E-state index contributed by atoms with van der Waals surface area (Å²) < 4.78 is 4.25. The SMILES string of the molecule is CNC.COC. The van der Waals surface area contributed by atoms with Crippen LogP contribution in [0.3, 0.4) is 0 Å². The Morgan fingerprint density at radius 3 is 1.17 bits per heavy atom. The van der Waals surface area contributed by atoms with Crippen LogP contribution in [0.1, 0.15) is 0 Å². The normalized spacial score (nSPS) is 6.00. The minimum Gasteiger partial charge on any atom is -0.388 e. The molecule has 0 aliphatic rings. The summed E-state index contributed by atoms with van der Waals surface area (Å²) in [5.41, 5.74) is 0. The van der Waals surface area contributed by atoms with Crippen LogP contribution in [0.25, 0.3) is 0 Å². The molecule has 0 rings (SSSR count). The van der Waals surface area contributed by atoms with Crippen LogP contribution in [-0.4, -0.2) is 28.3 Å². The van der Waals surface area contributed by atoms with Crippen LogP contribution in [0.5, 0.6) is 0 Å². The lowest BCUT2D eigenvalue weighted by Gasteiger charge is -1.61. The van der Waals surface area contributed by atoms with E-state index in [4.69, 9.17) is 0 Å². The van der Waals surface area contributed by atoms with Crippen LogP contribution in [0.15, 0.2) is 0 Å². The smallest absolute Gasteiger partial charge is 0.0351 e. The van der Waals surface area contributed by atoms with Gasteiger partial charge in [-0.15, -0.1) is 0 Å². The predicted molar refractivity (Wildman–Crippen MR) is 27.9 cm³/mol. The van der Waals surface area contributed by atoms with Gasteiger partial charge in [0.2, 0.25) is 0 Å². The standard InChI is InChI=1S/C2H7N.C2H6O/c2*1-3-2/h3H,1-2H3;1-2H3. The van der Waals surface area contributed by atoms with Crippen molar-refractivity contribution in [1.29, 1.82) is 0 Å². The summed E-state index contributed by atoms with van der Waals surface area (Å²) in [5, 5.41) is 2.75. The van der Waals surface area contributed by atoms with Gasteiger partial charge < -0.3 is 10.1 Å². The van der Waals surface area contributed by atoms with Crippen molar-refractivity contribution in [3.8, 4) is 0 Å². The van der Waals surface area contributed by atoms with Gasteiger partial charge in [0.05, 0.1) is 0 Å². The second-order valence-corrected chi connectivity index (χ2v) is 0.908. The molecule has 0 aromatic rings. The van der Waals surface area contributed by atoms with Gasteiger partial charge in [-0.25, -0.2) is 0 Å². The number of hydrogen-bond donors (Lipinski definition) is 1. The topological polar surface area (TPSA) is 21.3 Å². The van der Waals surface area contributed by atoms with Crippen molar-refractivity contribution in [2.75, 3.05) is 28.3 Å². The quantitative estimate of drug-likeness (QED) is 0.456. The molecule has 0 aliphatic heterocycles. The lowest BCUT2D eigenvalue weighted by Crippen LogP contribution is -1.89. The molecule has 0 fully saturated rings. The van der Waals surface area contributed by atoms with E-state index in [1.54, 1.807) is 14.2 Å². The molecule has 0 bridgehead atoms. The zero-order valence-corrected chi connectivity index (χ0v) is 4.91. The Bertz CT molecular complexity index is 9.51. The summed E-state index contributed by atoms with van der Waals surface area (Å²) in [6.07, 6.45) is 0. The molecule has 0 amide bonds. The Hall–Kier alpha value is -0.0800. The molecule has 2 heteroatoms. The molecule has 0 aromatic carbocycles. The van der Waals surface area contributed by atoms with Crippen LogP contribution < -0.4 is 5.32 Å². The van der Waals surface area contributed by atoms with Gasteiger partial charge in [-0.1, -0.05) is 0 Å². The summed E-state index contributed by atoms with van der Waals surface area (Å²) in [6.45, 7) is 0. The predicted octanol–water partition coefficient (Wildman–Crippen LogP) is 0.0982. The van der Waals surface area contributed by atoms with Gasteiger partial charge in [-0.2, -0.15) is 0 Å². The second-order valence-electron chi connectivity index (χ2n) is 0.908. The third-order valence-corrected chi connectivity index (χ3v) is 0. The zero-order chi connectivity index (χ0) is 5.41. The average Bonchev–Trinajstić information content (AvgIpc) is 1.39. The van der Waals surface area contributed by atoms with E-state index in [2.05, 4.69) is 10.1 Å². The molecule has 0 heterocycles. The molecule has 6 heavy (non-hydrogen) atoms. The molecule has 0 aliphatic carbocycles. The van der Waals surface area contributed by atoms with Crippen LogP contribution in [0, 0.1) is 0 Å². The van der Waals surface area contributed by atoms with E-state index in [0.717, 1.165) is 0 Å². The van der Waals surface area contributed by atoms with Crippen molar-refractivity contribution in [3.63, 3.8) is 0 Å². The maximum Gasteiger partial charge on any atom is 0.0351 e. The van der Waals surface area contributed by atoms with Gasteiger partial charge in [-0.05, 0) is 14.1 Å². The number of ether oxygens (including phenoxy) is 1. The monoisotopic (exact) mass is 91.1 g/mol. The summed E-state index contributed by atoms with van der Waals surface area (Å²) in [4.78, 5) is 0. The van der Waals surface area contributed by atoms with Crippen LogP contribution in [0.2, 0.25) is 0 Å². The minimum atomic E-state index is 1.62. The maximum absolute atomic E-state index is 4.25. The second kappa shape index (κ2) is 20.5. The lowest BCUT2D eigenvalue weighted by atomic mass is 11.3. The first-order valence-electron chi connectivity index (χ1n) is 1.82. The van der Waals surface area contributed by atoms with E-state index in [1.807, 2.05) is 14.1 Å². The fraction of sp³-hybridized carbons (Fsp3) is 1.00. The third-order valence-electron chi connectivity index (χ3n) is 0. The van der Waals surface area contributed by atoms with E-state index in [9.17, 15) is 0 Å². The lowest BCUT2D eigenvalue weighted by molar-refractivity contribution is 0.277. The molecular formula is C4H13NO. The number of hydrogen-bond acceptors (Lipinski definition) is 2. The highest BCUT2D eigenvalue weighted by Gasteiger charge is 1.26. The average molecular weight is 91.2 g/mol. The first-order valence-corrected chi connectivity index (χ1v) is 1.82. The highest BCUT2D eigenvalue weighted by molar-refractivity contribution is 3.91. The molecule has 0 saturated heterocycles. The molecule has 40 valence electrons. The summed E-state index contributed by atoms with van der Waals surface area (Å²) in [7, 11) is 7.00. The van der Waals surface area contributed by atoms with E-state index in [-0.39, 0.29) is 0 Å². The molecule has 0 radical (unpaired) electrons. The Morgan fingerprint density at radius 1 is 1.17 bits per heavy atom. The molecule has 2 nitrogen and oxygen atoms in total. The van der Waals surface area contributed by atoms with Gasteiger partial charge >= 0.3 is 0 Å². The molecular weight excluding hydrogens is 78.0 g/mol. The zero-order valence-electron chi connectivity index (χ0n) is 4.91. The minimum absolute atomic E-state index is 1.62. The van der Waals surface area contributed by atoms with E-state index in [0.29, 0.717) is 0 Å². The number of nitrogens with one attached hydrogen (secondary N) is 1. The van der Waals surface area contributed by atoms with Gasteiger partial charge in [0, 0.05) is 14.2 Å². The van der Waals surface area contributed by atoms with E-state index < -0.39 is 0 Å². The Labute approximate surface area is 39.5 Å². The molecule has 0 atom stereocenters. The largest absolute Gasteiger partial charge is 0.388 e. The Kier molecular flexibility index (Phi) is 31.9. The van der Waals surface area contributed by atoms with Crippen molar-refractivity contribution in [1.82, 2.24) is 5.32 Å². The Balaban J connectivity index is 0. The van der Waals surface area contributed by atoms with Gasteiger partial charge in [0.15, 0.2) is 0 Å². The van der Waals surface area contributed by atoms with Gasteiger partial charge in [0.1, 0.15) is 0 Å². The van der Waals surface area contributed by atoms with Crippen LogP contribution in [0.4, 0.5) is 0 Å². The molecule has 0 aromatic heterocycles. The van der Waals surface area contributed by atoms with Gasteiger partial charge in [-0.3, -0.25) is 0 Å². The van der Waals surface area contributed by atoms with Crippen LogP contribution >= 0.6 is 0 Å². The maximum atomic E-state index is 4.25. The van der Waals surface area contributed by atoms with E-state index in [1.165, 1.54) is 0 Å². The van der Waals surface area contributed by atoms with Crippen molar-refractivity contribution in [3.05, 3.63) is 0 Å². The highest BCUT2D eigenvalue weighted by Crippen LogP contribution is 1.28. The number of rotatable bonds is 0. The van der Waals surface area contributed by atoms with Crippen molar-refractivity contribution >= 4 is 0 Å². The molecule has 0 saturated carbocycles. The molecule has 0 unspecified atom stereocenters. The summed E-state index contributed by atoms with van der Waals surface area (Å²) >= 11 is 0. The fourth-order valence-electron chi connectivity index (χ4n) is 0. The highest BCUT2D eigenvalue weighted by atomic mass is 16.4. The first kappa shape index (κ1) is 9.33.